The van der Waals surface area contributed by atoms with Crippen LogP contribution in [0.15, 0.2) is 23.1 Å². The highest BCUT2D eigenvalue weighted by molar-refractivity contribution is 7.93. The molecule has 31 heavy (non-hydrogen) atoms. The number of rotatable bonds is 5. The molecule has 1 fully saturated rings. The van der Waals surface area contributed by atoms with Gasteiger partial charge in [0, 0.05) is 23.0 Å². The number of nitrogens with one attached hydrogen (secondary N) is 1. The highest BCUT2D eigenvalue weighted by atomic mass is 32.2. The summed E-state index contributed by atoms with van der Waals surface area (Å²) in [7, 11) is -2.58. The quantitative estimate of drug-likeness (QED) is 0.690. The molecule has 0 saturated heterocycles. The van der Waals surface area contributed by atoms with E-state index in [0.29, 0.717) is 23.5 Å². The monoisotopic (exact) mass is 460 g/mol. The van der Waals surface area contributed by atoms with E-state index in [2.05, 4.69) is 4.72 Å². The molecule has 1 aliphatic heterocycles. The van der Waals surface area contributed by atoms with Crippen LogP contribution in [0.1, 0.15) is 52.0 Å². The van der Waals surface area contributed by atoms with Gasteiger partial charge < -0.3 is 9.64 Å². The van der Waals surface area contributed by atoms with Gasteiger partial charge in [0.15, 0.2) is 0 Å². The average molecular weight is 461 g/mol. The van der Waals surface area contributed by atoms with Crippen molar-refractivity contribution in [2.45, 2.75) is 49.8 Å². The number of fused-ring (bicyclic) bond motifs is 2. The van der Waals surface area contributed by atoms with Gasteiger partial charge in [-0.25, -0.2) is 13.2 Å². The number of sulfonamides is 1. The lowest BCUT2D eigenvalue weighted by atomic mass is 9.95. The third-order valence-electron chi connectivity index (χ3n) is 6.24. The van der Waals surface area contributed by atoms with Crippen molar-refractivity contribution < 1.29 is 22.7 Å². The predicted molar refractivity (Wildman–Crippen MR) is 118 cm³/mol. The molecule has 2 heterocycles. The average Bonchev–Trinajstić information content (AvgIpc) is 3.43. The fourth-order valence-corrected chi connectivity index (χ4v) is 7.09. The summed E-state index contributed by atoms with van der Waals surface area (Å²) in [6.07, 6.45) is 6.11. The maximum Gasteiger partial charge on any atom is 0.341 e. The molecule has 0 radical (unpaired) electrons. The van der Waals surface area contributed by atoms with Crippen molar-refractivity contribution in [3.63, 3.8) is 0 Å². The van der Waals surface area contributed by atoms with Gasteiger partial charge in [0.05, 0.1) is 17.6 Å². The van der Waals surface area contributed by atoms with Crippen molar-refractivity contribution in [1.29, 1.82) is 0 Å². The summed E-state index contributed by atoms with van der Waals surface area (Å²) in [5.74, 6) is -0.253. The van der Waals surface area contributed by atoms with Crippen LogP contribution in [0.4, 0.5) is 10.7 Å². The summed E-state index contributed by atoms with van der Waals surface area (Å²) in [4.78, 5) is 27.8. The van der Waals surface area contributed by atoms with Crippen molar-refractivity contribution in [2.75, 3.05) is 23.3 Å². The van der Waals surface area contributed by atoms with E-state index in [4.69, 9.17) is 4.74 Å². The van der Waals surface area contributed by atoms with Crippen LogP contribution in [0.3, 0.4) is 0 Å². The Labute approximate surface area is 185 Å². The minimum Gasteiger partial charge on any atom is -0.465 e. The molecule has 164 valence electrons. The molecule has 3 aliphatic rings. The largest absolute Gasteiger partial charge is 0.465 e. The molecule has 9 heteroatoms. The van der Waals surface area contributed by atoms with E-state index in [1.165, 1.54) is 24.5 Å². The Morgan fingerprint density at radius 1 is 1.16 bits per heavy atom. The molecule has 5 rings (SSSR count). The van der Waals surface area contributed by atoms with Crippen LogP contribution in [0, 0.1) is 5.92 Å². The Morgan fingerprint density at radius 3 is 2.68 bits per heavy atom. The van der Waals surface area contributed by atoms with Gasteiger partial charge in [-0.1, -0.05) is 0 Å². The first-order valence-corrected chi connectivity index (χ1v) is 12.9. The first-order valence-electron chi connectivity index (χ1n) is 10.6. The molecule has 7 nitrogen and oxygen atoms in total. The number of thiophene rings is 1. The zero-order valence-corrected chi connectivity index (χ0v) is 18.9. The van der Waals surface area contributed by atoms with Gasteiger partial charge in [0.1, 0.15) is 5.00 Å². The number of carbonyl (C=O) groups excluding carboxylic acids is 2. The van der Waals surface area contributed by atoms with E-state index in [-0.39, 0.29) is 16.7 Å². The van der Waals surface area contributed by atoms with E-state index in [9.17, 15) is 18.0 Å². The number of hydrogen-bond donors (Lipinski definition) is 1. The molecule has 0 spiro atoms. The van der Waals surface area contributed by atoms with Crippen molar-refractivity contribution >= 4 is 43.9 Å². The molecule has 2 aromatic rings. The molecule has 0 bridgehead atoms. The molecule has 0 unspecified atom stereocenters. The zero-order chi connectivity index (χ0) is 21.8. The Hall–Kier alpha value is -2.39. The second kappa shape index (κ2) is 7.63. The van der Waals surface area contributed by atoms with Gasteiger partial charge in [0.2, 0.25) is 5.91 Å². The fourth-order valence-electron chi connectivity index (χ4n) is 4.46. The zero-order valence-electron chi connectivity index (χ0n) is 17.3. The van der Waals surface area contributed by atoms with Gasteiger partial charge >= 0.3 is 5.97 Å². The number of carbonyl (C=O) groups is 2. The molecule has 1 aromatic carbocycles. The minimum atomic E-state index is -3.89. The van der Waals surface area contributed by atoms with Gasteiger partial charge in [-0.3, -0.25) is 9.52 Å². The second-order valence-corrected chi connectivity index (χ2v) is 11.1. The van der Waals surface area contributed by atoms with Crippen LogP contribution in [-0.2, 0) is 38.8 Å². The molecule has 1 amide bonds. The summed E-state index contributed by atoms with van der Waals surface area (Å²) in [6, 6.07) is 4.89. The summed E-state index contributed by atoms with van der Waals surface area (Å²) in [5.41, 5.74) is 2.91. The number of nitrogens with zero attached hydrogens (tertiary/aromatic N) is 1. The van der Waals surface area contributed by atoms with Gasteiger partial charge in [-0.2, -0.15) is 0 Å². The van der Waals surface area contributed by atoms with Crippen LogP contribution in [0.2, 0.25) is 0 Å². The molecule has 0 atom stereocenters. The fraction of sp³-hybridized carbons (Fsp3) is 0.455. The number of methoxy groups -OCH3 is 1. The lowest BCUT2D eigenvalue weighted by Gasteiger charge is -2.17. The lowest BCUT2D eigenvalue weighted by molar-refractivity contribution is -0.119. The number of esters is 1. The normalized spacial score (nSPS) is 17.8. The Bertz CT molecular complexity index is 1180. The van der Waals surface area contributed by atoms with Gasteiger partial charge in [0.25, 0.3) is 10.0 Å². The van der Waals surface area contributed by atoms with E-state index in [1.807, 2.05) is 0 Å². The number of ether oxygens (including phenoxy) is 1. The highest BCUT2D eigenvalue weighted by Crippen LogP contribution is 2.40. The molecular weight excluding hydrogens is 436 g/mol. The van der Waals surface area contributed by atoms with Crippen LogP contribution in [0.25, 0.3) is 0 Å². The number of hydrogen-bond acceptors (Lipinski definition) is 6. The van der Waals surface area contributed by atoms with Crippen molar-refractivity contribution in [2.24, 2.45) is 5.92 Å². The predicted octanol–water partition coefficient (Wildman–Crippen LogP) is 3.51. The van der Waals surface area contributed by atoms with Gasteiger partial charge in [-0.15, -0.1) is 11.3 Å². The van der Waals surface area contributed by atoms with E-state index < -0.39 is 16.0 Å². The maximum atomic E-state index is 13.2. The summed E-state index contributed by atoms with van der Waals surface area (Å²) in [5, 5.41) is 0.324. The number of aryl methyl sites for hydroxylation is 1. The molecule has 1 saturated carbocycles. The molecule has 1 aromatic heterocycles. The Balaban J connectivity index is 1.45. The maximum absolute atomic E-state index is 13.2. The van der Waals surface area contributed by atoms with E-state index >= 15 is 0 Å². The van der Waals surface area contributed by atoms with E-state index in [0.717, 1.165) is 60.2 Å². The van der Waals surface area contributed by atoms with Crippen LogP contribution >= 0.6 is 11.3 Å². The van der Waals surface area contributed by atoms with Gasteiger partial charge in [-0.05, 0) is 74.3 Å². The lowest BCUT2D eigenvalue weighted by Crippen LogP contribution is -2.30. The standard InChI is InChI=1S/C22H24N2O5S2/c1-29-22(26)19-16-4-2-3-5-18(16)30-20(19)23-31(27,28)15-8-9-17-14(12-15)10-11-24(17)21(25)13-6-7-13/h8-9,12-13,23H,2-7,10-11H2,1H3. The molecule has 2 aliphatic carbocycles. The molecule has 1 N–H and O–H groups in total. The first-order chi connectivity index (χ1) is 14.9. The third kappa shape index (κ3) is 3.63. The Morgan fingerprint density at radius 2 is 1.94 bits per heavy atom. The smallest absolute Gasteiger partial charge is 0.341 e. The van der Waals surface area contributed by atoms with E-state index in [1.54, 1.807) is 17.0 Å². The first kappa shape index (κ1) is 20.5. The van der Waals surface area contributed by atoms with Crippen molar-refractivity contribution in [3.8, 4) is 0 Å². The van der Waals surface area contributed by atoms with Crippen molar-refractivity contribution in [1.82, 2.24) is 0 Å². The number of amides is 1. The SMILES string of the molecule is COC(=O)c1c(NS(=O)(=O)c2ccc3c(c2)CCN3C(=O)C2CC2)sc2c1CCCC2. The summed E-state index contributed by atoms with van der Waals surface area (Å²) < 4.78 is 33.9. The highest BCUT2D eigenvalue weighted by Gasteiger charge is 2.37. The second-order valence-electron chi connectivity index (χ2n) is 8.32. The molecular formula is C22H24N2O5S2. The Kier molecular flexibility index (Phi) is 5.05. The topological polar surface area (TPSA) is 92.8 Å². The van der Waals surface area contributed by atoms with Crippen LogP contribution < -0.4 is 9.62 Å². The van der Waals surface area contributed by atoms with Crippen LogP contribution in [-0.4, -0.2) is 33.9 Å². The minimum absolute atomic E-state index is 0.123. The van der Waals surface area contributed by atoms with Crippen molar-refractivity contribution in [3.05, 3.63) is 39.8 Å². The number of benzene rings is 1. The summed E-state index contributed by atoms with van der Waals surface area (Å²) in [6.45, 7) is 0.589. The summed E-state index contributed by atoms with van der Waals surface area (Å²) >= 11 is 1.32. The van der Waals surface area contributed by atoms with Crippen LogP contribution in [0.5, 0.6) is 0 Å². The number of anilines is 2. The third-order valence-corrected chi connectivity index (χ3v) is 8.92.